The Morgan fingerprint density at radius 3 is 2.73 bits per heavy atom. The summed E-state index contributed by atoms with van der Waals surface area (Å²) in [6.45, 7) is 1.22. The summed E-state index contributed by atoms with van der Waals surface area (Å²) in [7, 11) is -2.25. The Bertz CT molecular complexity index is 1010. The highest BCUT2D eigenvalue weighted by Crippen LogP contribution is 2.34. The van der Waals surface area contributed by atoms with Crippen LogP contribution in [-0.4, -0.2) is 49.8 Å². The van der Waals surface area contributed by atoms with E-state index >= 15 is 0 Å². The van der Waals surface area contributed by atoms with Gasteiger partial charge in [0.1, 0.15) is 5.75 Å². The lowest BCUT2D eigenvalue weighted by Gasteiger charge is -2.34. The number of hydrogen-bond acceptors (Lipinski definition) is 5. The van der Waals surface area contributed by atoms with E-state index < -0.39 is 10.0 Å². The van der Waals surface area contributed by atoms with Gasteiger partial charge in [0.25, 0.3) is 0 Å². The van der Waals surface area contributed by atoms with Gasteiger partial charge in [-0.15, -0.1) is 11.3 Å². The molecule has 9 heteroatoms. The normalized spacial score (nSPS) is 20.1. The molecule has 2 heterocycles. The first-order valence-electron chi connectivity index (χ1n) is 10.1. The fourth-order valence-electron chi connectivity index (χ4n) is 3.90. The zero-order valence-electron chi connectivity index (χ0n) is 16.8. The highest BCUT2D eigenvalue weighted by atomic mass is 35.5. The van der Waals surface area contributed by atoms with E-state index in [9.17, 15) is 13.2 Å². The Morgan fingerprint density at radius 2 is 2.10 bits per heavy atom. The molecule has 6 nitrogen and oxygen atoms in total. The standard InChI is InChI=1S/C21H25ClN2O4S2/c1-28-20-9-8-18(12-19(20)22)30(26,27)23-10-2-4-15(13-23)21(25)24(16-6-7-16)14-17-5-3-11-29-17/h3,5,8-9,11-12,15-16H,2,4,6-7,10,13-14H2,1H3. The molecule has 1 amide bonds. The van der Waals surface area contributed by atoms with Crippen LogP contribution in [0.3, 0.4) is 0 Å². The van der Waals surface area contributed by atoms with Gasteiger partial charge in [0.05, 0.1) is 29.5 Å². The van der Waals surface area contributed by atoms with Crippen LogP contribution in [0.4, 0.5) is 0 Å². The van der Waals surface area contributed by atoms with Gasteiger partial charge in [-0.2, -0.15) is 4.31 Å². The molecule has 2 fully saturated rings. The highest BCUT2D eigenvalue weighted by molar-refractivity contribution is 7.89. The molecule has 1 aliphatic carbocycles. The van der Waals surface area contributed by atoms with Gasteiger partial charge in [-0.1, -0.05) is 17.7 Å². The number of carbonyl (C=O) groups is 1. The molecule has 2 aliphatic rings. The maximum atomic E-state index is 13.3. The number of piperidine rings is 1. The molecule has 1 saturated carbocycles. The zero-order valence-corrected chi connectivity index (χ0v) is 19.2. The van der Waals surface area contributed by atoms with E-state index in [2.05, 4.69) is 0 Å². The van der Waals surface area contributed by atoms with Crippen LogP contribution >= 0.6 is 22.9 Å². The minimum atomic E-state index is -3.73. The topological polar surface area (TPSA) is 66.9 Å². The summed E-state index contributed by atoms with van der Waals surface area (Å²) in [5, 5.41) is 2.26. The molecular weight excluding hydrogens is 444 g/mol. The first kappa shape index (κ1) is 21.6. The van der Waals surface area contributed by atoms with Crippen molar-refractivity contribution in [2.24, 2.45) is 5.92 Å². The van der Waals surface area contributed by atoms with Crippen molar-refractivity contribution in [2.75, 3.05) is 20.2 Å². The SMILES string of the molecule is COc1ccc(S(=O)(=O)N2CCCC(C(=O)N(Cc3cccs3)C3CC3)C2)cc1Cl. The average molecular weight is 469 g/mol. The second-order valence-electron chi connectivity index (χ2n) is 7.78. The first-order chi connectivity index (χ1) is 14.4. The van der Waals surface area contributed by atoms with E-state index in [-0.39, 0.29) is 34.3 Å². The molecule has 0 bridgehead atoms. The van der Waals surface area contributed by atoms with Gasteiger partial charge < -0.3 is 9.64 Å². The summed E-state index contributed by atoms with van der Waals surface area (Å²) in [4.78, 5) is 16.6. The number of halogens is 1. The smallest absolute Gasteiger partial charge is 0.243 e. The number of amides is 1. The molecule has 30 heavy (non-hydrogen) atoms. The molecule has 1 aromatic heterocycles. The van der Waals surface area contributed by atoms with E-state index in [0.29, 0.717) is 31.7 Å². The van der Waals surface area contributed by atoms with Crippen LogP contribution < -0.4 is 4.74 Å². The lowest BCUT2D eigenvalue weighted by atomic mass is 9.98. The van der Waals surface area contributed by atoms with Gasteiger partial charge in [-0.05, 0) is 55.3 Å². The second-order valence-corrected chi connectivity index (χ2v) is 11.2. The predicted octanol–water partition coefficient (Wildman–Crippen LogP) is 4.00. The monoisotopic (exact) mass is 468 g/mol. The molecule has 4 rings (SSSR count). The number of nitrogens with zero attached hydrogens (tertiary/aromatic N) is 2. The summed E-state index contributed by atoms with van der Waals surface area (Å²) in [5.74, 6) is 0.178. The van der Waals surface area contributed by atoms with Crippen LogP contribution in [0.5, 0.6) is 5.75 Å². The summed E-state index contributed by atoms with van der Waals surface area (Å²) >= 11 is 7.78. The predicted molar refractivity (Wildman–Crippen MR) is 117 cm³/mol. The average Bonchev–Trinajstić information content (AvgIpc) is 3.46. The molecule has 0 N–H and O–H groups in total. The maximum absolute atomic E-state index is 13.3. The van der Waals surface area contributed by atoms with Gasteiger partial charge in [0.15, 0.2) is 0 Å². The van der Waals surface area contributed by atoms with Crippen LogP contribution in [0, 0.1) is 5.92 Å². The van der Waals surface area contributed by atoms with Crippen LogP contribution in [-0.2, 0) is 21.4 Å². The van der Waals surface area contributed by atoms with Crippen LogP contribution in [0.1, 0.15) is 30.6 Å². The molecule has 0 spiro atoms. The Balaban J connectivity index is 1.50. The van der Waals surface area contributed by atoms with Crippen molar-refractivity contribution in [2.45, 2.75) is 43.2 Å². The molecule has 1 unspecified atom stereocenters. The minimum Gasteiger partial charge on any atom is -0.495 e. The van der Waals surface area contributed by atoms with Crippen LogP contribution in [0.15, 0.2) is 40.6 Å². The van der Waals surface area contributed by atoms with Gasteiger partial charge in [0, 0.05) is 24.0 Å². The summed E-state index contributed by atoms with van der Waals surface area (Å²) < 4.78 is 32.9. The number of sulfonamides is 1. The van der Waals surface area contributed by atoms with Crippen molar-refractivity contribution in [3.05, 3.63) is 45.6 Å². The van der Waals surface area contributed by atoms with E-state index in [1.54, 1.807) is 17.4 Å². The van der Waals surface area contributed by atoms with Crippen molar-refractivity contribution < 1.29 is 17.9 Å². The van der Waals surface area contributed by atoms with Gasteiger partial charge in [-0.3, -0.25) is 4.79 Å². The van der Waals surface area contributed by atoms with Gasteiger partial charge >= 0.3 is 0 Å². The van der Waals surface area contributed by atoms with E-state index in [0.717, 1.165) is 17.7 Å². The Labute approximate surface area is 186 Å². The Kier molecular flexibility index (Phi) is 6.39. The third-order valence-electron chi connectivity index (χ3n) is 5.67. The number of carbonyl (C=O) groups excluding carboxylic acids is 1. The van der Waals surface area contributed by atoms with E-state index in [4.69, 9.17) is 16.3 Å². The van der Waals surface area contributed by atoms with Gasteiger partial charge in [-0.25, -0.2) is 8.42 Å². The number of ether oxygens (including phenoxy) is 1. The largest absolute Gasteiger partial charge is 0.495 e. The summed E-state index contributed by atoms with van der Waals surface area (Å²) in [5.41, 5.74) is 0. The van der Waals surface area contributed by atoms with Crippen molar-refractivity contribution in [3.8, 4) is 5.75 Å². The molecule has 162 valence electrons. The number of hydrogen-bond donors (Lipinski definition) is 0. The summed E-state index contributed by atoms with van der Waals surface area (Å²) in [6, 6.07) is 8.78. The molecule has 1 atom stereocenters. The van der Waals surface area contributed by atoms with Crippen LogP contribution in [0.2, 0.25) is 5.02 Å². The third kappa shape index (κ3) is 4.51. The molecule has 1 aromatic carbocycles. The Hall–Kier alpha value is -1.61. The van der Waals surface area contributed by atoms with E-state index in [1.807, 2.05) is 22.4 Å². The van der Waals surface area contributed by atoms with Crippen molar-refractivity contribution >= 4 is 38.9 Å². The molecular formula is C21H25ClN2O4S2. The Morgan fingerprint density at radius 1 is 1.30 bits per heavy atom. The maximum Gasteiger partial charge on any atom is 0.243 e. The molecule has 1 saturated heterocycles. The molecule has 1 aliphatic heterocycles. The number of benzene rings is 1. The van der Waals surface area contributed by atoms with E-state index in [1.165, 1.54) is 23.5 Å². The quantitative estimate of drug-likeness (QED) is 0.616. The fraction of sp³-hybridized carbons (Fsp3) is 0.476. The lowest BCUT2D eigenvalue weighted by Crippen LogP contribution is -2.47. The fourth-order valence-corrected chi connectivity index (χ4v) is 6.47. The molecule has 0 radical (unpaired) electrons. The second kappa shape index (κ2) is 8.86. The van der Waals surface area contributed by atoms with Crippen LogP contribution in [0.25, 0.3) is 0 Å². The van der Waals surface area contributed by atoms with Crippen molar-refractivity contribution in [1.82, 2.24) is 9.21 Å². The summed E-state index contributed by atoms with van der Waals surface area (Å²) in [6.07, 6.45) is 3.42. The number of methoxy groups -OCH3 is 1. The lowest BCUT2D eigenvalue weighted by molar-refractivity contribution is -0.137. The zero-order chi connectivity index (χ0) is 21.3. The highest BCUT2D eigenvalue weighted by Gasteiger charge is 2.39. The van der Waals surface area contributed by atoms with Crippen molar-refractivity contribution in [3.63, 3.8) is 0 Å². The molecule has 2 aromatic rings. The number of rotatable bonds is 7. The van der Waals surface area contributed by atoms with Crippen molar-refractivity contribution in [1.29, 1.82) is 0 Å². The third-order valence-corrected chi connectivity index (χ3v) is 8.69. The number of thiophene rings is 1. The minimum absolute atomic E-state index is 0.0681. The first-order valence-corrected chi connectivity index (χ1v) is 12.8. The van der Waals surface area contributed by atoms with Gasteiger partial charge in [0.2, 0.25) is 15.9 Å².